The van der Waals surface area contributed by atoms with E-state index in [0.29, 0.717) is 38.9 Å². The number of benzene rings is 4. The molecule has 0 atom stereocenters. The third-order valence-electron chi connectivity index (χ3n) is 6.23. The second-order valence-electron chi connectivity index (χ2n) is 8.87. The van der Waals surface area contributed by atoms with Gasteiger partial charge in [0.15, 0.2) is 5.75 Å². The molecule has 0 bridgehead atoms. The zero-order chi connectivity index (χ0) is 28.2. The van der Waals surface area contributed by atoms with Gasteiger partial charge in [0.05, 0.1) is 22.3 Å². The Hall–Kier alpha value is -4.34. The Labute approximate surface area is 243 Å². The molecule has 0 unspecified atom stereocenters. The summed E-state index contributed by atoms with van der Waals surface area (Å²) >= 11 is 10.0. The van der Waals surface area contributed by atoms with Gasteiger partial charge in [-0.25, -0.2) is 9.69 Å². The van der Waals surface area contributed by atoms with Gasteiger partial charge in [0.1, 0.15) is 24.6 Å². The van der Waals surface area contributed by atoms with Crippen molar-refractivity contribution in [2.24, 2.45) is 0 Å². The molecule has 0 spiro atoms. The summed E-state index contributed by atoms with van der Waals surface area (Å²) in [6.07, 6.45) is 1.49. The van der Waals surface area contributed by atoms with Crippen molar-refractivity contribution in [3.63, 3.8) is 0 Å². The first-order valence-corrected chi connectivity index (χ1v) is 13.4. The summed E-state index contributed by atoms with van der Waals surface area (Å²) in [5, 5.41) is 7.70. The van der Waals surface area contributed by atoms with Crippen LogP contribution in [-0.4, -0.2) is 36.4 Å². The van der Waals surface area contributed by atoms with E-state index in [1.54, 1.807) is 36.4 Å². The molecule has 4 amide bonds. The van der Waals surface area contributed by atoms with E-state index in [1.807, 2.05) is 42.5 Å². The largest absolute Gasteiger partial charge is 0.495 e. The van der Waals surface area contributed by atoms with Crippen molar-refractivity contribution in [3.8, 4) is 11.5 Å². The highest BCUT2D eigenvalue weighted by Gasteiger charge is 2.35. The molecule has 202 valence electrons. The van der Waals surface area contributed by atoms with Crippen LogP contribution >= 0.6 is 27.5 Å². The summed E-state index contributed by atoms with van der Waals surface area (Å²) in [4.78, 5) is 38.8. The second-order valence-corrected chi connectivity index (χ2v) is 10.1. The standard InChI is InChI=1S/C30H23BrClN3O5/c1-39-26-12-5-4-11-24(26)33-27(36)16-35-29(37)25(34-30(35)38)15-18-13-22(31)28(23(32)14-18)40-17-20-9-6-8-19-7-2-3-10-21(19)20/h2-15H,16-17H2,1H3,(H,33,36)(H,34,38)/b25-15+. The minimum absolute atomic E-state index is 0.0162. The Bertz CT molecular complexity index is 1640. The number of hydrogen-bond donors (Lipinski definition) is 2. The third kappa shape index (κ3) is 5.80. The second kappa shape index (κ2) is 11.8. The monoisotopic (exact) mass is 619 g/mol. The molecule has 1 aliphatic heterocycles. The molecular formula is C30H23BrClN3O5. The molecule has 1 heterocycles. The van der Waals surface area contributed by atoms with Crippen molar-refractivity contribution in [2.45, 2.75) is 6.61 Å². The van der Waals surface area contributed by atoms with E-state index in [4.69, 9.17) is 21.1 Å². The van der Waals surface area contributed by atoms with Crippen LogP contribution in [0.4, 0.5) is 10.5 Å². The van der Waals surface area contributed by atoms with E-state index < -0.39 is 24.4 Å². The van der Waals surface area contributed by atoms with Gasteiger partial charge in [-0.3, -0.25) is 9.59 Å². The maximum Gasteiger partial charge on any atom is 0.329 e. The van der Waals surface area contributed by atoms with Gasteiger partial charge in [-0.1, -0.05) is 66.2 Å². The smallest absolute Gasteiger partial charge is 0.329 e. The fourth-order valence-electron chi connectivity index (χ4n) is 4.33. The summed E-state index contributed by atoms with van der Waals surface area (Å²) in [5.74, 6) is -0.273. The van der Waals surface area contributed by atoms with Gasteiger partial charge in [-0.15, -0.1) is 0 Å². The number of rotatable bonds is 8. The normalized spacial score (nSPS) is 14.0. The molecule has 40 heavy (non-hydrogen) atoms. The van der Waals surface area contributed by atoms with Gasteiger partial charge in [-0.2, -0.15) is 0 Å². The predicted octanol–water partition coefficient (Wildman–Crippen LogP) is 6.37. The van der Waals surface area contributed by atoms with Gasteiger partial charge in [0, 0.05) is 0 Å². The van der Waals surface area contributed by atoms with E-state index in [9.17, 15) is 14.4 Å². The quantitative estimate of drug-likeness (QED) is 0.176. The van der Waals surface area contributed by atoms with E-state index in [2.05, 4.69) is 26.6 Å². The minimum atomic E-state index is -0.702. The first kappa shape index (κ1) is 27.2. The summed E-state index contributed by atoms with van der Waals surface area (Å²) in [6.45, 7) is -0.161. The number of nitrogens with zero attached hydrogens (tertiary/aromatic N) is 1. The minimum Gasteiger partial charge on any atom is -0.495 e. The number of methoxy groups -OCH3 is 1. The first-order chi connectivity index (χ1) is 19.3. The molecule has 8 nitrogen and oxygen atoms in total. The Morgan fingerprint density at radius 3 is 2.60 bits per heavy atom. The molecular weight excluding hydrogens is 598 g/mol. The number of halogens is 2. The average Bonchev–Trinajstić information content (AvgIpc) is 3.20. The summed E-state index contributed by atoms with van der Waals surface area (Å²) in [5.41, 5.74) is 2.02. The molecule has 2 N–H and O–H groups in total. The highest BCUT2D eigenvalue weighted by atomic mass is 79.9. The molecule has 0 aromatic heterocycles. The molecule has 1 saturated heterocycles. The third-order valence-corrected chi connectivity index (χ3v) is 7.10. The fourth-order valence-corrected chi connectivity index (χ4v) is 5.32. The number of carbonyl (C=O) groups excluding carboxylic acids is 3. The van der Waals surface area contributed by atoms with Gasteiger partial charge in [-0.05, 0) is 68.2 Å². The number of amides is 4. The van der Waals surface area contributed by atoms with E-state index >= 15 is 0 Å². The van der Waals surface area contributed by atoms with Crippen molar-refractivity contribution >= 4 is 67.9 Å². The summed E-state index contributed by atoms with van der Waals surface area (Å²) in [7, 11) is 1.48. The van der Waals surface area contributed by atoms with Crippen LogP contribution in [0.3, 0.4) is 0 Å². The van der Waals surface area contributed by atoms with Crippen LogP contribution in [0, 0.1) is 0 Å². The zero-order valence-corrected chi connectivity index (χ0v) is 23.6. The Balaban J connectivity index is 1.28. The Kier molecular flexibility index (Phi) is 8.04. The van der Waals surface area contributed by atoms with Crippen LogP contribution < -0.4 is 20.1 Å². The lowest BCUT2D eigenvalue weighted by atomic mass is 10.1. The SMILES string of the molecule is COc1ccccc1NC(=O)CN1C(=O)N/C(=C/c2cc(Cl)c(OCc3cccc4ccccc34)c(Br)c2)C1=O. The summed E-state index contributed by atoms with van der Waals surface area (Å²) < 4.78 is 11.9. The fraction of sp³-hybridized carbons (Fsp3) is 0.100. The molecule has 5 rings (SSSR count). The number of para-hydroxylation sites is 2. The van der Waals surface area contributed by atoms with Crippen molar-refractivity contribution < 1.29 is 23.9 Å². The highest BCUT2D eigenvalue weighted by Crippen LogP contribution is 2.36. The number of nitrogens with one attached hydrogen (secondary N) is 2. The molecule has 1 aliphatic rings. The lowest BCUT2D eigenvalue weighted by Gasteiger charge is -2.13. The van der Waals surface area contributed by atoms with E-state index in [1.165, 1.54) is 13.2 Å². The lowest BCUT2D eigenvalue weighted by Crippen LogP contribution is -2.38. The molecule has 0 saturated carbocycles. The zero-order valence-electron chi connectivity index (χ0n) is 21.2. The van der Waals surface area contributed by atoms with Gasteiger partial charge in [0.2, 0.25) is 5.91 Å². The van der Waals surface area contributed by atoms with Crippen molar-refractivity contribution in [3.05, 3.63) is 105 Å². The van der Waals surface area contributed by atoms with Gasteiger partial charge >= 0.3 is 6.03 Å². The molecule has 0 aliphatic carbocycles. The van der Waals surface area contributed by atoms with E-state index in [-0.39, 0.29) is 5.70 Å². The number of ether oxygens (including phenoxy) is 2. The van der Waals surface area contributed by atoms with Crippen molar-refractivity contribution in [2.75, 3.05) is 19.0 Å². The topological polar surface area (TPSA) is 97.0 Å². The van der Waals surface area contributed by atoms with E-state index in [0.717, 1.165) is 21.2 Å². The van der Waals surface area contributed by atoms with Crippen LogP contribution in [0.2, 0.25) is 5.02 Å². The maximum absolute atomic E-state index is 12.9. The number of imide groups is 1. The number of hydrogen-bond acceptors (Lipinski definition) is 5. The average molecular weight is 621 g/mol. The van der Waals surface area contributed by atoms with Crippen LogP contribution in [0.5, 0.6) is 11.5 Å². The van der Waals surface area contributed by atoms with Crippen LogP contribution in [0.25, 0.3) is 16.8 Å². The maximum atomic E-state index is 12.9. The van der Waals surface area contributed by atoms with Crippen molar-refractivity contribution in [1.29, 1.82) is 0 Å². The van der Waals surface area contributed by atoms with Gasteiger partial charge in [0.25, 0.3) is 5.91 Å². The number of carbonyl (C=O) groups is 3. The van der Waals surface area contributed by atoms with Crippen molar-refractivity contribution in [1.82, 2.24) is 10.2 Å². The molecule has 4 aromatic carbocycles. The predicted molar refractivity (Wildman–Crippen MR) is 157 cm³/mol. The van der Waals surface area contributed by atoms with Crippen LogP contribution in [0.15, 0.2) is 89.0 Å². The first-order valence-electron chi connectivity index (χ1n) is 12.2. The van der Waals surface area contributed by atoms with Crippen LogP contribution in [0.1, 0.15) is 11.1 Å². The Morgan fingerprint density at radius 2 is 1.80 bits per heavy atom. The lowest BCUT2D eigenvalue weighted by molar-refractivity contribution is -0.127. The Morgan fingerprint density at radius 1 is 1.05 bits per heavy atom. The molecule has 0 radical (unpaired) electrons. The van der Waals surface area contributed by atoms with Crippen LogP contribution in [-0.2, 0) is 16.2 Å². The number of urea groups is 1. The molecule has 4 aromatic rings. The number of fused-ring (bicyclic) bond motifs is 1. The number of anilines is 1. The molecule has 1 fully saturated rings. The highest BCUT2D eigenvalue weighted by molar-refractivity contribution is 9.10. The van der Waals surface area contributed by atoms with Gasteiger partial charge < -0.3 is 20.1 Å². The molecule has 10 heteroatoms. The summed E-state index contributed by atoms with van der Waals surface area (Å²) in [6, 6.07) is 23.6.